The average molecular weight is 299 g/mol. The fraction of sp³-hybridized carbons (Fsp3) is 0.400. The third-order valence-electron chi connectivity index (χ3n) is 2.55. The van der Waals surface area contributed by atoms with Crippen molar-refractivity contribution in [3.05, 3.63) is 46.7 Å². The monoisotopic (exact) mass is 298 g/mol. The number of halogens is 1. The second kappa shape index (κ2) is 8.61. The molecule has 0 radical (unpaired) electrons. The third kappa shape index (κ3) is 5.23. The Morgan fingerprint density at radius 1 is 1.30 bits per heavy atom. The van der Waals surface area contributed by atoms with E-state index in [0.717, 1.165) is 0 Å². The minimum absolute atomic E-state index is 0.163. The zero-order valence-corrected chi connectivity index (χ0v) is 12.4. The van der Waals surface area contributed by atoms with Crippen LogP contribution in [0.15, 0.2) is 36.1 Å². The van der Waals surface area contributed by atoms with Crippen LogP contribution in [0.2, 0.25) is 5.02 Å². The molecule has 0 fully saturated rings. The number of aliphatic hydroxyl groups is 1. The first-order chi connectivity index (χ1) is 9.58. The molecule has 0 amide bonds. The summed E-state index contributed by atoms with van der Waals surface area (Å²) in [4.78, 5) is 11.4. The summed E-state index contributed by atoms with van der Waals surface area (Å²) in [6, 6.07) is 7.02. The zero-order valence-electron chi connectivity index (χ0n) is 11.6. The zero-order chi connectivity index (χ0) is 15.0. The number of hydrogen-bond acceptors (Lipinski definition) is 4. The Hall–Kier alpha value is -1.52. The summed E-state index contributed by atoms with van der Waals surface area (Å²) in [5, 5.41) is 10.7. The van der Waals surface area contributed by atoms with Gasteiger partial charge in [-0.1, -0.05) is 29.8 Å². The van der Waals surface area contributed by atoms with Crippen molar-refractivity contribution in [3.8, 4) is 0 Å². The van der Waals surface area contributed by atoms with Crippen molar-refractivity contribution < 1.29 is 19.4 Å². The van der Waals surface area contributed by atoms with Crippen molar-refractivity contribution >= 4 is 17.6 Å². The van der Waals surface area contributed by atoms with Gasteiger partial charge in [-0.25, -0.2) is 4.79 Å². The first kappa shape index (κ1) is 16.5. The van der Waals surface area contributed by atoms with Crippen molar-refractivity contribution in [3.63, 3.8) is 0 Å². The van der Waals surface area contributed by atoms with E-state index in [4.69, 9.17) is 21.1 Å². The molecule has 0 heterocycles. The van der Waals surface area contributed by atoms with Gasteiger partial charge in [0.2, 0.25) is 0 Å². The molecule has 0 bridgehead atoms. The van der Waals surface area contributed by atoms with Gasteiger partial charge in [-0.3, -0.25) is 0 Å². The van der Waals surface area contributed by atoms with Gasteiger partial charge in [0.05, 0.1) is 25.4 Å². The van der Waals surface area contributed by atoms with Crippen LogP contribution in [0.25, 0.3) is 0 Å². The highest BCUT2D eigenvalue weighted by atomic mass is 35.5. The number of hydrogen-bond donors (Lipinski definition) is 1. The average Bonchev–Trinajstić information content (AvgIpc) is 2.39. The molecule has 0 aliphatic carbocycles. The summed E-state index contributed by atoms with van der Waals surface area (Å²) in [6.45, 7) is 4.23. The Morgan fingerprint density at radius 2 is 1.95 bits per heavy atom. The SMILES string of the molecule is CCOC(=O)/C=C(\C[C@@H](O)c1ccccc1Cl)OCC. The molecule has 1 rings (SSSR count). The van der Waals surface area contributed by atoms with Gasteiger partial charge >= 0.3 is 5.97 Å². The molecule has 0 aromatic heterocycles. The lowest BCUT2D eigenvalue weighted by Crippen LogP contribution is -2.07. The Morgan fingerprint density at radius 3 is 2.55 bits per heavy atom. The molecule has 0 saturated carbocycles. The van der Waals surface area contributed by atoms with E-state index >= 15 is 0 Å². The summed E-state index contributed by atoms with van der Waals surface area (Å²) < 4.78 is 10.2. The highest BCUT2D eigenvalue weighted by molar-refractivity contribution is 6.31. The summed E-state index contributed by atoms with van der Waals surface area (Å²) in [5.74, 6) is -0.110. The molecule has 1 aromatic carbocycles. The van der Waals surface area contributed by atoms with Crippen LogP contribution < -0.4 is 0 Å². The van der Waals surface area contributed by atoms with Gasteiger partial charge in [0, 0.05) is 11.4 Å². The lowest BCUT2D eigenvalue weighted by Gasteiger charge is -2.15. The molecule has 0 aliphatic heterocycles. The lowest BCUT2D eigenvalue weighted by atomic mass is 10.1. The van der Waals surface area contributed by atoms with Crippen LogP contribution in [0.3, 0.4) is 0 Å². The maximum absolute atomic E-state index is 11.4. The van der Waals surface area contributed by atoms with E-state index in [-0.39, 0.29) is 6.42 Å². The summed E-state index contributed by atoms with van der Waals surface area (Å²) in [5.41, 5.74) is 0.601. The molecule has 0 spiro atoms. The number of rotatable bonds is 7. The van der Waals surface area contributed by atoms with Gasteiger partial charge in [-0.05, 0) is 25.5 Å². The fourth-order valence-electron chi connectivity index (χ4n) is 1.71. The van der Waals surface area contributed by atoms with E-state index in [1.165, 1.54) is 6.08 Å². The predicted octanol–water partition coefficient (Wildman–Crippen LogP) is 3.25. The standard InChI is InChI=1S/C15H19ClO4/c1-3-19-11(10-15(18)20-4-2)9-14(17)12-7-5-6-8-13(12)16/h5-8,10,14,17H,3-4,9H2,1-2H3/b11-10+/t14-/m1/s1. The molecule has 0 aliphatic rings. The van der Waals surface area contributed by atoms with Crippen molar-refractivity contribution in [1.29, 1.82) is 0 Å². The molecule has 110 valence electrons. The van der Waals surface area contributed by atoms with Crippen molar-refractivity contribution in [2.24, 2.45) is 0 Å². The second-order valence-corrected chi connectivity index (χ2v) is 4.44. The highest BCUT2D eigenvalue weighted by Crippen LogP contribution is 2.27. The van der Waals surface area contributed by atoms with Crippen molar-refractivity contribution in [2.75, 3.05) is 13.2 Å². The number of ether oxygens (including phenoxy) is 2. The van der Waals surface area contributed by atoms with Crippen molar-refractivity contribution in [1.82, 2.24) is 0 Å². The fourth-order valence-corrected chi connectivity index (χ4v) is 1.97. The molecule has 20 heavy (non-hydrogen) atoms. The maximum Gasteiger partial charge on any atom is 0.334 e. The molecular weight excluding hydrogens is 280 g/mol. The molecule has 1 aromatic rings. The first-order valence-electron chi connectivity index (χ1n) is 6.51. The number of carbonyl (C=O) groups excluding carboxylic acids is 1. The van der Waals surface area contributed by atoms with Crippen LogP contribution in [0.5, 0.6) is 0 Å². The first-order valence-corrected chi connectivity index (χ1v) is 6.88. The van der Waals surface area contributed by atoms with Crippen LogP contribution in [0.1, 0.15) is 31.9 Å². The summed E-state index contributed by atoms with van der Waals surface area (Å²) >= 11 is 6.02. The van der Waals surface area contributed by atoms with E-state index in [1.807, 2.05) is 0 Å². The van der Waals surface area contributed by atoms with Gasteiger partial charge in [-0.2, -0.15) is 0 Å². The highest BCUT2D eigenvalue weighted by Gasteiger charge is 2.15. The van der Waals surface area contributed by atoms with E-state index in [2.05, 4.69) is 0 Å². The Balaban J connectivity index is 2.80. The molecule has 1 atom stereocenters. The van der Waals surface area contributed by atoms with Crippen LogP contribution >= 0.6 is 11.6 Å². The van der Waals surface area contributed by atoms with Gasteiger partial charge in [0.1, 0.15) is 5.76 Å². The van der Waals surface area contributed by atoms with Crippen LogP contribution in [0, 0.1) is 0 Å². The van der Waals surface area contributed by atoms with E-state index in [9.17, 15) is 9.90 Å². The number of carbonyl (C=O) groups is 1. The maximum atomic E-state index is 11.4. The molecule has 5 heteroatoms. The van der Waals surface area contributed by atoms with Crippen molar-refractivity contribution in [2.45, 2.75) is 26.4 Å². The van der Waals surface area contributed by atoms with Gasteiger partial charge in [0.25, 0.3) is 0 Å². The van der Waals surface area contributed by atoms with E-state index < -0.39 is 12.1 Å². The smallest absolute Gasteiger partial charge is 0.334 e. The quantitative estimate of drug-likeness (QED) is 0.477. The topological polar surface area (TPSA) is 55.8 Å². The van der Waals surface area contributed by atoms with Crippen LogP contribution in [-0.2, 0) is 14.3 Å². The van der Waals surface area contributed by atoms with E-state index in [0.29, 0.717) is 29.6 Å². The van der Waals surface area contributed by atoms with E-state index in [1.54, 1.807) is 38.1 Å². The number of aliphatic hydroxyl groups excluding tert-OH is 1. The number of esters is 1. The van der Waals surface area contributed by atoms with Crippen LogP contribution in [0.4, 0.5) is 0 Å². The van der Waals surface area contributed by atoms with Crippen LogP contribution in [-0.4, -0.2) is 24.3 Å². The molecule has 4 nitrogen and oxygen atoms in total. The normalized spacial score (nSPS) is 12.9. The number of benzene rings is 1. The largest absolute Gasteiger partial charge is 0.498 e. The predicted molar refractivity (Wildman–Crippen MR) is 77.4 cm³/mol. The minimum Gasteiger partial charge on any atom is -0.498 e. The summed E-state index contributed by atoms with van der Waals surface area (Å²) in [7, 11) is 0. The molecule has 0 unspecified atom stereocenters. The van der Waals surface area contributed by atoms with Gasteiger partial charge in [0.15, 0.2) is 0 Å². The lowest BCUT2D eigenvalue weighted by molar-refractivity contribution is -0.137. The third-order valence-corrected chi connectivity index (χ3v) is 2.90. The second-order valence-electron chi connectivity index (χ2n) is 4.04. The molecular formula is C15H19ClO4. The molecule has 0 saturated heterocycles. The Bertz CT molecular complexity index is 471. The van der Waals surface area contributed by atoms with Gasteiger partial charge in [-0.15, -0.1) is 0 Å². The Labute approximate surface area is 124 Å². The van der Waals surface area contributed by atoms with Gasteiger partial charge < -0.3 is 14.6 Å². The Kier molecular flexibility index (Phi) is 7.12. The summed E-state index contributed by atoms with van der Waals surface area (Å²) in [6.07, 6.45) is 0.583. The minimum atomic E-state index is -0.837. The molecule has 1 N–H and O–H groups in total.